The van der Waals surface area contributed by atoms with Gasteiger partial charge in [0.05, 0.1) is 5.69 Å². The zero-order chi connectivity index (χ0) is 15.6. The van der Waals surface area contributed by atoms with E-state index in [1.807, 2.05) is 0 Å². The highest BCUT2D eigenvalue weighted by atomic mass is 35.5. The molecule has 2 rings (SSSR count). The van der Waals surface area contributed by atoms with Gasteiger partial charge in [-0.25, -0.2) is 9.37 Å². The molecule has 0 bridgehead atoms. The van der Waals surface area contributed by atoms with Crippen LogP contribution in [-0.2, 0) is 0 Å². The number of nitrogen functional groups attached to an aromatic ring is 1. The van der Waals surface area contributed by atoms with Crippen LogP contribution in [0.1, 0.15) is 10.5 Å². The Kier molecular flexibility index (Phi) is 4.50. The van der Waals surface area contributed by atoms with Gasteiger partial charge in [0.1, 0.15) is 21.7 Å². The predicted octanol–water partition coefficient (Wildman–Crippen LogP) is 3.26. The van der Waals surface area contributed by atoms with Crippen molar-refractivity contribution in [3.8, 4) is 11.5 Å². The third kappa shape index (κ3) is 3.34. The Morgan fingerprint density at radius 2 is 2.10 bits per heavy atom. The van der Waals surface area contributed by atoms with Crippen LogP contribution in [0.15, 0.2) is 24.3 Å². The van der Waals surface area contributed by atoms with E-state index in [1.54, 1.807) is 0 Å². The van der Waals surface area contributed by atoms with Crippen molar-refractivity contribution in [1.29, 1.82) is 0 Å². The van der Waals surface area contributed by atoms with Crippen molar-refractivity contribution < 1.29 is 13.9 Å². The van der Waals surface area contributed by atoms with E-state index in [0.29, 0.717) is 0 Å². The summed E-state index contributed by atoms with van der Waals surface area (Å²) in [4.78, 5) is 15.5. The van der Waals surface area contributed by atoms with E-state index in [2.05, 4.69) is 10.3 Å². The second-order valence-electron chi connectivity index (χ2n) is 3.97. The van der Waals surface area contributed by atoms with Gasteiger partial charge in [-0.15, -0.1) is 0 Å². The van der Waals surface area contributed by atoms with Crippen molar-refractivity contribution in [3.05, 3.63) is 46.0 Å². The van der Waals surface area contributed by atoms with Gasteiger partial charge in [-0.3, -0.25) is 4.79 Å². The Morgan fingerprint density at radius 1 is 1.38 bits per heavy atom. The molecule has 110 valence electrons. The molecule has 0 atom stereocenters. The molecule has 0 radical (unpaired) electrons. The maximum absolute atomic E-state index is 13.4. The summed E-state index contributed by atoms with van der Waals surface area (Å²) in [5.41, 5.74) is 5.28. The smallest absolute Gasteiger partial charge is 0.271 e. The topological polar surface area (TPSA) is 77.2 Å². The Balaban J connectivity index is 2.42. The molecule has 8 heteroatoms. The Morgan fingerprint density at radius 3 is 2.71 bits per heavy atom. The van der Waals surface area contributed by atoms with E-state index in [1.165, 1.54) is 25.2 Å². The first-order chi connectivity index (χ1) is 9.92. The van der Waals surface area contributed by atoms with E-state index in [9.17, 15) is 9.18 Å². The number of hydrogen-bond donors (Lipinski definition) is 2. The molecule has 0 aliphatic heterocycles. The maximum atomic E-state index is 13.4. The van der Waals surface area contributed by atoms with Crippen molar-refractivity contribution in [2.75, 3.05) is 12.8 Å². The summed E-state index contributed by atoms with van der Waals surface area (Å²) in [7, 11) is 1.43. The van der Waals surface area contributed by atoms with Crippen molar-refractivity contribution in [1.82, 2.24) is 10.3 Å². The van der Waals surface area contributed by atoms with E-state index in [-0.39, 0.29) is 33.1 Å². The highest BCUT2D eigenvalue weighted by molar-refractivity contribution is 6.36. The van der Waals surface area contributed by atoms with Crippen LogP contribution in [0, 0.1) is 5.82 Å². The molecule has 1 heterocycles. The highest BCUT2D eigenvalue weighted by Crippen LogP contribution is 2.34. The lowest BCUT2D eigenvalue weighted by Gasteiger charge is -2.11. The summed E-state index contributed by atoms with van der Waals surface area (Å²) < 4.78 is 18.8. The lowest BCUT2D eigenvalue weighted by molar-refractivity contribution is 0.0958. The standard InChI is InChI=1S/C13H10Cl2FN3O2/c1-18-13(20)12-11(15)9(5-10(14)19-12)21-6-2-3-8(17)7(16)4-6/h2-5H,17H2,1H3,(H,18,20). The minimum Gasteiger partial charge on any atom is -0.455 e. The second-order valence-corrected chi connectivity index (χ2v) is 4.74. The second kappa shape index (κ2) is 6.15. The molecular weight excluding hydrogens is 320 g/mol. The van der Waals surface area contributed by atoms with Crippen LogP contribution in [0.25, 0.3) is 0 Å². The number of rotatable bonds is 3. The molecule has 0 saturated carbocycles. The molecule has 0 saturated heterocycles. The first-order valence-electron chi connectivity index (χ1n) is 5.73. The van der Waals surface area contributed by atoms with Crippen LogP contribution in [-0.4, -0.2) is 17.9 Å². The molecule has 2 aromatic rings. The zero-order valence-electron chi connectivity index (χ0n) is 10.8. The molecule has 3 N–H and O–H groups in total. The lowest BCUT2D eigenvalue weighted by Crippen LogP contribution is -2.20. The number of pyridine rings is 1. The number of anilines is 1. The summed E-state index contributed by atoms with van der Waals surface area (Å²) in [6.45, 7) is 0. The van der Waals surface area contributed by atoms with Gasteiger partial charge in [-0.1, -0.05) is 23.2 Å². The molecular formula is C13H10Cl2FN3O2. The van der Waals surface area contributed by atoms with Crippen molar-refractivity contribution in [2.24, 2.45) is 0 Å². The molecule has 1 aromatic heterocycles. The first-order valence-corrected chi connectivity index (χ1v) is 6.49. The normalized spacial score (nSPS) is 10.3. The average molecular weight is 330 g/mol. The van der Waals surface area contributed by atoms with Gasteiger partial charge < -0.3 is 15.8 Å². The summed E-state index contributed by atoms with van der Waals surface area (Å²) >= 11 is 11.9. The number of aromatic nitrogens is 1. The van der Waals surface area contributed by atoms with Gasteiger partial charge >= 0.3 is 0 Å². The largest absolute Gasteiger partial charge is 0.455 e. The van der Waals surface area contributed by atoms with Gasteiger partial charge in [0, 0.05) is 19.2 Å². The Bertz CT molecular complexity index is 710. The van der Waals surface area contributed by atoms with E-state index in [4.69, 9.17) is 33.7 Å². The molecule has 5 nitrogen and oxygen atoms in total. The SMILES string of the molecule is CNC(=O)c1nc(Cl)cc(Oc2ccc(N)c(F)c2)c1Cl. The summed E-state index contributed by atoms with van der Waals surface area (Å²) in [6, 6.07) is 5.23. The van der Waals surface area contributed by atoms with Crippen LogP contribution in [0.4, 0.5) is 10.1 Å². The molecule has 0 unspecified atom stereocenters. The molecule has 0 fully saturated rings. The monoisotopic (exact) mass is 329 g/mol. The van der Waals surface area contributed by atoms with Crippen molar-refractivity contribution in [2.45, 2.75) is 0 Å². The summed E-state index contributed by atoms with van der Waals surface area (Å²) in [5, 5.41) is 2.37. The Labute approximate surface area is 129 Å². The number of hydrogen-bond acceptors (Lipinski definition) is 4. The number of carbonyl (C=O) groups excluding carboxylic acids is 1. The minimum atomic E-state index is -0.629. The first kappa shape index (κ1) is 15.3. The predicted molar refractivity (Wildman–Crippen MR) is 78.5 cm³/mol. The van der Waals surface area contributed by atoms with Gasteiger partial charge in [-0.2, -0.15) is 0 Å². The van der Waals surface area contributed by atoms with Crippen LogP contribution >= 0.6 is 23.2 Å². The molecule has 21 heavy (non-hydrogen) atoms. The summed E-state index contributed by atoms with van der Waals surface area (Å²) in [6.07, 6.45) is 0. The minimum absolute atomic E-state index is 0.00717. The third-order valence-corrected chi connectivity index (χ3v) is 3.09. The molecule has 1 aromatic carbocycles. The van der Waals surface area contributed by atoms with Crippen LogP contribution in [0.2, 0.25) is 10.2 Å². The lowest BCUT2D eigenvalue weighted by atomic mass is 10.3. The van der Waals surface area contributed by atoms with E-state index in [0.717, 1.165) is 6.07 Å². The fraction of sp³-hybridized carbons (Fsp3) is 0.0769. The third-order valence-electron chi connectivity index (χ3n) is 2.53. The van der Waals surface area contributed by atoms with Crippen LogP contribution < -0.4 is 15.8 Å². The number of nitrogens with two attached hydrogens (primary N) is 1. The van der Waals surface area contributed by atoms with Crippen LogP contribution in [0.5, 0.6) is 11.5 Å². The number of carbonyl (C=O) groups is 1. The number of benzene rings is 1. The number of amides is 1. The average Bonchev–Trinajstić information content (AvgIpc) is 2.45. The van der Waals surface area contributed by atoms with Crippen molar-refractivity contribution >= 4 is 34.8 Å². The number of nitrogens with zero attached hydrogens (tertiary/aromatic N) is 1. The van der Waals surface area contributed by atoms with Gasteiger partial charge in [-0.05, 0) is 12.1 Å². The quantitative estimate of drug-likeness (QED) is 0.669. The van der Waals surface area contributed by atoms with Gasteiger partial charge in [0.2, 0.25) is 0 Å². The molecule has 0 aliphatic rings. The van der Waals surface area contributed by atoms with Gasteiger partial charge in [0.15, 0.2) is 11.4 Å². The van der Waals surface area contributed by atoms with Crippen molar-refractivity contribution in [3.63, 3.8) is 0 Å². The molecule has 0 spiro atoms. The van der Waals surface area contributed by atoms with Gasteiger partial charge in [0.25, 0.3) is 5.91 Å². The Hall–Kier alpha value is -2.05. The molecule has 1 amide bonds. The fourth-order valence-corrected chi connectivity index (χ4v) is 1.92. The fourth-order valence-electron chi connectivity index (χ4n) is 1.52. The van der Waals surface area contributed by atoms with E-state index < -0.39 is 11.7 Å². The number of halogens is 3. The summed E-state index contributed by atoms with van der Waals surface area (Å²) in [5.74, 6) is -0.903. The van der Waals surface area contributed by atoms with E-state index >= 15 is 0 Å². The maximum Gasteiger partial charge on any atom is 0.271 e. The van der Waals surface area contributed by atoms with Crippen LogP contribution in [0.3, 0.4) is 0 Å². The molecule has 0 aliphatic carbocycles. The number of nitrogens with one attached hydrogen (secondary N) is 1. The zero-order valence-corrected chi connectivity index (χ0v) is 12.3. The number of ether oxygens (including phenoxy) is 1. The highest BCUT2D eigenvalue weighted by Gasteiger charge is 2.18.